The molecule has 2 aliphatic carbocycles. The molecule has 1 amide bonds. The van der Waals surface area contributed by atoms with Crippen molar-refractivity contribution >= 4 is 40.8 Å². The van der Waals surface area contributed by atoms with Crippen LogP contribution < -0.4 is 15.4 Å². The predicted octanol–water partition coefficient (Wildman–Crippen LogP) is 4.80. The summed E-state index contributed by atoms with van der Waals surface area (Å²) in [6, 6.07) is 7.82. The first-order valence-electron chi connectivity index (χ1n) is 9.73. The van der Waals surface area contributed by atoms with Crippen LogP contribution in [0.1, 0.15) is 37.7 Å². The van der Waals surface area contributed by atoms with Crippen LogP contribution in [0.4, 0.5) is 15.8 Å². The molecule has 4 N–H and O–H groups in total. The first kappa shape index (κ1) is 19.0. The molecule has 2 heterocycles. The van der Waals surface area contributed by atoms with Gasteiger partial charge in [-0.25, -0.2) is 4.39 Å². The molecule has 29 heavy (non-hydrogen) atoms. The molecule has 0 bridgehead atoms. The van der Waals surface area contributed by atoms with Crippen LogP contribution in [-0.2, 0) is 10.2 Å². The van der Waals surface area contributed by atoms with Gasteiger partial charge in [0.2, 0.25) is 5.91 Å². The molecule has 8 heteroatoms. The average molecular weight is 434 g/mol. The normalized spacial score (nSPS) is 21.0. The molecule has 0 aromatic heterocycles. The van der Waals surface area contributed by atoms with Crippen LogP contribution in [-0.4, -0.2) is 23.1 Å². The minimum atomic E-state index is -0.513. The standard InChI is InChI=1S/C17H14ClFN2O2S.C4H7N/c18-9-2-3-14(12(19)6-9)24-21-10-7-11-15(13(22)8-10)20-16(23)17(11)4-1-5-17;1-2-4(1)3-5-4/h2-3,6-8,21-22H,1,4-5H2,(H,20,23);5H,1-3H2. The summed E-state index contributed by atoms with van der Waals surface area (Å²) >= 11 is 6.83. The number of fused-ring (bicyclic) bond motifs is 2. The second kappa shape index (κ2) is 6.79. The SMILES string of the molecule is C1CC12CN2.O=C1Nc2c(O)cc(NSc3ccc(Cl)cc3F)cc2C12CCC2. The molecule has 152 valence electrons. The van der Waals surface area contributed by atoms with E-state index in [0.29, 0.717) is 21.3 Å². The largest absolute Gasteiger partial charge is 0.506 e. The molecule has 2 spiro atoms. The molecule has 0 radical (unpaired) electrons. The molecular weight excluding hydrogens is 413 g/mol. The number of phenolic OH excluding ortho intramolecular Hbond substituents is 1. The zero-order chi connectivity index (χ0) is 20.2. The van der Waals surface area contributed by atoms with Gasteiger partial charge in [0.05, 0.1) is 16.0 Å². The van der Waals surface area contributed by atoms with Crippen molar-refractivity contribution in [2.45, 2.75) is 48.0 Å². The highest BCUT2D eigenvalue weighted by Crippen LogP contribution is 2.54. The van der Waals surface area contributed by atoms with Crippen molar-refractivity contribution in [1.29, 1.82) is 0 Å². The smallest absolute Gasteiger partial charge is 0.235 e. The van der Waals surface area contributed by atoms with Crippen LogP contribution in [0.5, 0.6) is 5.75 Å². The fourth-order valence-corrected chi connectivity index (χ4v) is 4.67. The Morgan fingerprint density at radius 3 is 2.48 bits per heavy atom. The van der Waals surface area contributed by atoms with Gasteiger partial charge in [-0.1, -0.05) is 18.0 Å². The van der Waals surface area contributed by atoms with Gasteiger partial charge < -0.3 is 20.5 Å². The monoisotopic (exact) mass is 433 g/mol. The number of rotatable bonds is 3. The fraction of sp³-hybridized carbons (Fsp3) is 0.381. The van der Waals surface area contributed by atoms with E-state index in [9.17, 15) is 14.3 Å². The third-order valence-electron chi connectivity index (χ3n) is 6.22. The lowest BCUT2D eigenvalue weighted by Gasteiger charge is -2.36. The third kappa shape index (κ3) is 3.45. The molecule has 2 aromatic carbocycles. The third-order valence-corrected chi connectivity index (χ3v) is 7.34. The van der Waals surface area contributed by atoms with E-state index >= 15 is 0 Å². The number of amides is 1. The van der Waals surface area contributed by atoms with Crippen LogP contribution >= 0.6 is 23.5 Å². The van der Waals surface area contributed by atoms with Crippen LogP contribution in [0.25, 0.3) is 0 Å². The number of phenols is 1. The first-order chi connectivity index (χ1) is 13.9. The van der Waals surface area contributed by atoms with Gasteiger partial charge >= 0.3 is 0 Å². The lowest BCUT2D eigenvalue weighted by Crippen LogP contribution is -2.40. The van der Waals surface area contributed by atoms with E-state index in [2.05, 4.69) is 15.4 Å². The van der Waals surface area contributed by atoms with Gasteiger partial charge in [0.25, 0.3) is 0 Å². The van der Waals surface area contributed by atoms with Crippen molar-refractivity contribution in [3.05, 3.63) is 46.7 Å². The van der Waals surface area contributed by atoms with Gasteiger partial charge in [-0.2, -0.15) is 0 Å². The highest BCUT2D eigenvalue weighted by molar-refractivity contribution is 8.00. The number of carbonyl (C=O) groups excluding carboxylic acids is 1. The van der Waals surface area contributed by atoms with Gasteiger partial charge in [0.15, 0.2) is 0 Å². The van der Waals surface area contributed by atoms with E-state index in [1.54, 1.807) is 12.1 Å². The van der Waals surface area contributed by atoms with Gasteiger partial charge in [-0.05, 0) is 67.5 Å². The second-order valence-electron chi connectivity index (χ2n) is 8.22. The Balaban J connectivity index is 0.000000311. The van der Waals surface area contributed by atoms with Crippen LogP contribution in [0.3, 0.4) is 0 Å². The number of hydrogen-bond donors (Lipinski definition) is 4. The Morgan fingerprint density at radius 1 is 1.17 bits per heavy atom. The van der Waals surface area contributed by atoms with Gasteiger partial charge in [0.1, 0.15) is 11.6 Å². The zero-order valence-corrected chi connectivity index (χ0v) is 17.2. The van der Waals surface area contributed by atoms with Crippen molar-refractivity contribution in [3.8, 4) is 5.75 Å². The van der Waals surface area contributed by atoms with Crippen molar-refractivity contribution in [2.75, 3.05) is 16.6 Å². The molecule has 1 saturated heterocycles. The number of benzene rings is 2. The lowest BCUT2D eigenvalue weighted by atomic mass is 9.65. The topological polar surface area (TPSA) is 83.3 Å². The molecule has 5 nitrogen and oxygen atoms in total. The van der Waals surface area contributed by atoms with E-state index in [-0.39, 0.29) is 11.7 Å². The molecule has 2 aliphatic heterocycles. The molecule has 2 aromatic rings. The van der Waals surface area contributed by atoms with E-state index in [4.69, 9.17) is 11.6 Å². The maximum atomic E-state index is 13.8. The Morgan fingerprint density at radius 2 is 1.93 bits per heavy atom. The molecule has 6 rings (SSSR count). The predicted molar refractivity (Wildman–Crippen MR) is 113 cm³/mol. The summed E-state index contributed by atoms with van der Waals surface area (Å²) in [6.07, 6.45) is 5.47. The van der Waals surface area contributed by atoms with Crippen LogP contribution in [0.2, 0.25) is 5.02 Å². The number of hydrogen-bond acceptors (Lipinski definition) is 5. The summed E-state index contributed by atoms with van der Waals surface area (Å²) in [6.45, 7) is 1.31. The van der Waals surface area contributed by atoms with Gasteiger partial charge in [0, 0.05) is 28.9 Å². The van der Waals surface area contributed by atoms with Gasteiger partial charge in [-0.15, -0.1) is 0 Å². The van der Waals surface area contributed by atoms with E-state index in [1.165, 1.54) is 31.5 Å². The quantitative estimate of drug-likeness (QED) is 0.317. The fourth-order valence-electron chi connectivity index (χ4n) is 3.88. The Hall–Kier alpha value is -1.96. The molecule has 2 saturated carbocycles. The Labute approximate surface area is 177 Å². The number of halogens is 2. The van der Waals surface area contributed by atoms with Crippen LogP contribution in [0, 0.1) is 5.82 Å². The number of anilines is 2. The lowest BCUT2D eigenvalue weighted by molar-refractivity contribution is -0.123. The first-order valence-corrected chi connectivity index (χ1v) is 10.9. The minimum Gasteiger partial charge on any atom is -0.506 e. The number of aromatic hydroxyl groups is 1. The maximum Gasteiger partial charge on any atom is 0.235 e. The van der Waals surface area contributed by atoms with Crippen molar-refractivity contribution < 1.29 is 14.3 Å². The number of carbonyl (C=O) groups is 1. The Bertz CT molecular complexity index is 990. The van der Waals surface area contributed by atoms with Crippen molar-refractivity contribution in [3.63, 3.8) is 0 Å². The summed E-state index contributed by atoms with van der Waals surface area (Å²) in [4.78, 5) is 12.6. The molecule has 4 aliphatic rings. The summed E-state index contributed by atoms with van der Waals surface area (Å²) in [5.74, 6) is -0.449. The van der Waals surface area contributed by atoms with E-state index in [1.807, 2.05) is 6.07 Å². The van der Waals surface area contributed by atoms with Gasteiger partial charge in [-0.3, -0.25) is 4.79 Å². The maximum absolute atomic E-state index is 13.8. The highest BCUT2D eigenvalue weighted by atomic mass is 35.5. The highest BCUT2D eigenvalue weighted by Gasteiger charge is 2.53. The van der Waals surface area contributed by atoms with E-state index < -0.39 is 11.2 Å². The summed E-state index contributed by atoms with van der Waals surface area (Å²) in [7, 11) is 0. The Kier molecular flexibility index (Phi) is 4.46. The van der Waals surface area contributed by atoms with Crippen molar-refractivity contribution in [1.82, 2.24) is 5.32 Å². The number of nitrogens with one attached hydrogen (secondary N) is 3. The summed E-state index contributed by atoms with van der Waals surface area (Å²) in [5, 5.41) is 16.6. The van der Waals surface area contributed by atoms with Crippen molar-refractivity contribution in [2.24, 2.45) is 0 Å². The molecule has 0 atom stereocenters. The molecular formula is C21H21ClFN3O2S. The zero-order valence-electron chi connectivity index (χ0n) is 15.6. The van der Waals surface area contributed by atoms with E-state index in [0.717, 1.165) is 42.3 Å². The van der Waals surface area contributed by atoms with Crippen LogP contribution in [0.15, 0.2) is 35.2 Å². The average Bonchev–Trinajstić information content (AvgIpc) is 3.56. The molecule has 3 fully saturated rings. The summed E-state index contributed by atoms with van der Waals surface area (Å²) < 4.78 is 16.9. The molecule has 0 unspecified atom stereocenters. The summed E-state index contributed by atoms with van der Waals surface area (Å²) in [5.41, 5.74) is 2.17. The second-order valence-corrected chi connectivity index (χ2v) is 9.50. The minimum absolute atomic E-state index is 0.0179.